The summed E-state index contributed by atoms with van der Waals surface area (Å²) in [6, 6.07) is 5.40. The van der Waals surface area contributed by atoms with E-state index in [-0.39, 0.29) is 12.4 Å². The molecule has 0 unspecified atom stereocenters. The van der Waals surface area contributed by atoms with Crippen LogP contribution in [-0.4, -0.2) is 42.9 Å². The number of aryl methyl sites for hydroxylation is 1. The van der Waals surface area contributed by atoms with E-state index in [2.05, 4.69) is 10.3 Å². The van der Waals surface area contributed by atoms with E-state index in [1.165, 1.54) is 0 Å². The molecule has 3 rings (SSSR count). The molecule has 1 fully saturated rings. The van der Waals surface area contributed by atoms with Crippen LogP contribution in [0.25, 0.3) is 10.8 Å². The Bertz CT molecular complexity index is 832. The molecule has 1 aliphatic heterocycles. The van der Waals surface area contributed by atoms with Crippen molar-refractivity contribution in [1.82, 2.24) is 14.6 Å². The van der Waals surface area contributed by atoms with E-state index < -0.39 is 15.6 Å². The Kier molecular flexibility index (Phi) is 5.54. The van der Waals surface area contributed by atoms with Crippen LogP contribution < -0.4 is 5.32 Å². The molecule has 1 aliphatic rings. The Hall–Kier alpha value is -1.21. The van der Waals surface area contributed by atoms with Crippen LogP contribution in [0.3, 0.4) is 0 Å². The lowest BCUT2D eigenvalue weighted by Crippen LogP contribution is -2.51. The lowest BCUT2D eigenvalue weighted by atomic mass is 10.1. The fourth-order valence-corrected chi connectivity index (χ4v) is 5.39. The topological polar surface area (TPSA) is 62.3 Å². The molecule has 132 valence electrons. The molecule has 0 radical (unpaired) electrons. The summed E-state index contributed by atoms with van der Waals surface area (Å²) in [5, 5.41) is 4.96. The molecule has 0 aliphatic carbocycles. The highest BCUT2D eigenvalue weighted by atomic mass is 35.5. The number of fused-ring (bicyclic) bond motifs is 1. The first-order valence-electron chi connectivity index (χ1n) is 7.91. The van der Waals surface area contributed by atoms with Crippen LogP contribution in [0, 0.1) is 6.92 Å². The molecule has 0 amide bonds. The van der Waals surface area contributed by atoms with E-state index in [1.807, 2.05) is 26.8 Å². The Morgan fingerprint density at radius 1 is 1.25 bits per heavy atom. The van der Waals surface area contributed by atoms with Crippen LogP contribution in [0.1, 0.15) is 25.8 Å². The SMILES string of the molecule is Cc1cncc2cccc(S(=O)(=O)N3CCCNCC3(C)C)c12.Cl. The van der Waals surface area contributed by atoms with E-state index in [1.54, 1.807) is 28.8 Å². The van der Waals surface area contributed by atoms with Gasteiger partial charge in [-0.15, -0.1) is 12.4 Å². The summed E-state index contributed by atoms with van der Waals surface area (Å²) in [6.07, 6.45) is 4.25. The molecule has 1 aromatic carbocycles. The van der Waals surface area contributed by atoms with Crippen molar-refractivity contribution >= 4 is 33.2 Å². The van der Waals surface area contributed by atoms with Gasteiger partial charge in [0.25, 0.3) is 0 Å². The quantitative estimate of drug-likeness (QED) is 0.884. The molecule has 1 saturated heterocycles. The van der Waals surface area contributed by atoms with Crippen LogP contribution in [-0.2, 0) is 10.0 Å². The van der Waals surface area contributed by atoms with Crippen LogP contribution in [0.5, 0.6) is 0 Å². The summed E-state index contributed by atoms with van der Waals surface area (Å²) in [4.78, 5) is 4.55. The largest absolute Gasteiger partial charge is 0.315 e. The zero-order valence-corrected chi connectivity index (χ0v) is 15.9. The maximum Gasteiger partial charge on any atom is 0.244 e. The molecule has 0 spiro atoms. The van der Waals surface area contributed by atoms with Gasteiger partial charge in [-0.05, 0) is 45.4 Å². The van der Waals surface area contributed by atoms with Crippen molar-refractivity contribution in [3.05, 3.63) is 36.2 Å². The van der Waals surface area contributed by atoms with Gasteiger partial charge in [-0.25, -0.2) is 8.42 Å². The van der Waals surface area contributed by atoms with Crippen molar-refractivity contribution in [3.63, 3.8) is 0 Å². The number of benzene rings is 1. The van der Waals surface area contributed by atoms with Gasteiger partial charge in [-0.2, -0.15) is 4.31 Å². The minimum absolute atomic E-state index is 0. The molecule has 24 heavy (non-hydrogen) atoms. The molecule has 0 atom stereocenters. The first-order valence-corrected chi connectivity index (χ1v) is 9.35. The zero-order chi connectivity index (χ0) is 16.7. The molecule has 7 heteroatoms. The fourth-order valence-electron chi connectivity index (χ4n) is 3.28. The average molecular weight is 370 g/mol. The van der Waals surface area contributed by atoms with Crippen molar-refractivity contribution in [3.8, 4) is 0 Å². The number of nitrogens with one attached hydrogen (secondary N) is 1. The summed E-state index contributed by atoms with van der Waals surface area (Å²) < 4.78 is 28.4. The first kappa shape index (κ1) is 19.1. The predicted molar refractivity (Wildman–Crippen MR) is 99.2 cm³/mol. The van der Waals surface area contributed by atoms with Crippen LogP contribution in [0.2, 0.25) is 0 Å². The van der Waals surface area contributed by atoms with Crippen molar-refractivity contribution in [1.29, 1.82) is 0 Å². The van der Waals surface area contributed by atoms with Gasteiger partial charge in [0.05, 0.1) is 4.90 Å². The third-order valence-electron chi connectivity index (χ3n) is 4.45. The molecule has 2 heterocycles. The lowest BCUT2D eigenvalue weighted by molar-refractivity contribution is 0.242. The van der Waals surface area contributed by atoms with E-state index in [0.29, 0.717) is 18.0 Å². The van der Waals surface area contributed by atoms with Gasteiger partial charge in [0.15, 0.2) is 0 Å². The van der Waals surface area contributed by atoms with E-state index in [4.69, 9.17) is 0 Å². The molecular formula is C17H24ClN3O2S. The summed E-state index contributed by atoms with van der Waals surface area (Å²) in [7, 11) is -3.58. The number of rotatable bonds is 2. The van der Waals surface area contributed by atoms with Gasteiger partial charge in [0.1, 0.15) is 0 Å². The number of sulfonamides is 1. The first-order chi connectivity index (χ1) is 10.8. The predicted octanol–water partition coefficient (Wildman–Crippen LogP) is 2.73. The second-order valence-electron chi connectivity index (χ2n) is 6.73. The molecule has 0 saturated carbocycles. The van der Waals surface area contributed by atoms with Crippen LogP contribution >= 0.6 is 12.4 Å². The van der Waals surface area contributed by atoms with E-state index >= 15 is 0 Å². The minimum atomic E-state index is -3.58. The molecule has 5 nitrogen and oxygen atoms in total. The normalized spacial score (nSPS) is 18.8. The van der Waals surface area contributed by atoms with E-state index in [9.17, 15) is 8.42 Å². The molecular weight excluding hydrogens is 346 g/mol. The number of aromatic nitrogens is 1. The number of hydrogen-bond donors (Lipinski definition) is 1. The monoisotopic (exact) mass is 369 g/mol. The fraction of sp³-hybridized carbons (Fsp3) is 0.471. The minimum Gasteiger partial charge on any atom is -0.315 e. The molecule has 1 aromatic heterocycles. The van der Waals surface area contributed by atoms with E-state index in [0.717, 1.165) is 29.3 Å². The van der Waals surface area contributed by atoms with Gasteiger partial charge >= 0.3 is 0 Å². The third kappa shape index (κ3) is 3.28. The average Bonchev–Trinajstić information content (AvgIpc) is 2.68. The smallest absolute Gasteiger partial charge is 0.244 e. The van der Waals surface area contributed by atoms with Gasteiger partial charge in [0, 0.05) is 41.8 Å². The number of hydrogen-bond acceptors (Lipinski definition) is 4. The molecule has 0 bridgehead atoms. The lowest BCUT2D eigenvalue weighted by Gasteiger charge is -2.36. The van der Waals surface area contributed by atoms with Gasteiger partial charge in [-0.3, -0.25) is 4.98 Å². The maximum absolute atomic E-state index is 13.4. The standard InChI is InChI=1S/C17H23N3O2S.ClH/c1-13-10-19-11-14-6-4-7-15(16(13)14)23(21,22)20-9-5-8-18-12-17(20,2)3;/h4,6-7,10-11,18H,5,8-9,12H2,1-3H3;1H. The zero-order valence-electron chi connectivity index (χ0n) is 14.2. The Morgan fingerprint density at radius 2 is 2.00 bits per heavy atom. The summed E-state index contributed by atoms with van der Waals surface area (Å²) in [5.41, 5.74) is 0.422. The molecule has 1 N–H and O–H groups in total. The number of nitrogens with zero attached hydrogens (tertiary/aromatic N) is 2. The van der Waals surface area contributed by atoms with Crippen LogP contribution in [0.4, 0.5) is 0 Å². The van der Waals surface area contributed by atoms with Crippen molar-refractivity contribution < 1.29 is 8.42 Å². The highest BCUT2D eigenvalue weighted by molar-refractivity contribution is 7.89. The Morgan fingerprint density at radius 3 is 2.75 bits per heavy atom. The number of pyridine rings is 1. The maximum atomic E-state index is 13.4. The number of halogens is 1. The highest BCUT2D eigenvalue weighted by Crippen LogP contribution is 2.31. The Labute approximate surface area is 149 Å². The second-order valence-corrected chi connectivity index (χ2v) is 8.56. The highest BCUT2D eigenvalue weighted by Gasteiger charge is 2.38. The van der Waals surface area contributed by atoms with Crippen molar-refractivity contribution in [2.24, 2.45) is 0 Å². The summed E-state index contributed by atoms with van der Waals surface area (Å²) in [5.74, 6) is 0. The Balaban J connectivity index is 0.00000208. The van der Waals surface area contributed by atoms with Crippen molar-refractivity contribution in [2.75, 3.05) is 19.6 Å². The summed E-state index contributed by atoms with van der Waals surface area (Å²) in [6.45, 7) is 7.88. The van der Waals surface area contributed by atoms with Gasteiger partial charge in [0.2, 0.25) is 10.0 Å². The third-order valence-corrected chi connectivity index (χ3v) is 6.60. The van der Waals surface area contributed by atoms with Gasteiger partial charge < -0.3 is 5.32 Å². The van der Waals surface area contributed by atoms with Crippen molar-refractivity contribution in [2.45, 2.75) is 37.6 Å². The van der Waals surface area contributed by atoms with Crippen LogP contribution in [0.15, 0.2) is 35.5 Å². The van der Waals surface area contributed by atoms with Gasteiger partial charge in [-0.1, -0.05) is 12.1 Å². The summed E-state index contributed by atoms with van der Waals surface area (Å²) >= 11 is 0. The second kappa shape index (κ2) is 6.96. The molecule has 2 aromatic rings.